The highest BCUT2D eigenvalue weighted by atomic mass is 16.1. The van der Waals surface area contributed by atoms with Crippen LogP contribution in [-0.4, -0.2) is 54.0 Å². The van der Waals surface area contributed by atoms with E-state index in [4.69, 9.17) is 0 Å². The highest BCUT2D eigenvalue weighted by Crippen LogP contribution is 2.11. The van der Waals surface area contributed by atoms with Gasteiger partial charge in [0.15, 0.2) is 0 Å². The molecule has 0 atom stereocenters. The van der Waals surface area contributed by atoms with Gasteiger partial charge in [-0.2, -0.15) is 0 Å². The summed E-state index contributed by atoms with van der Waals surface area (Å²) in [6.07, 6.45) is 3.23. The van der Waals surface area contributed by atoms with E-state index in [1.165, 1.54) is 0 Å². The van der Waals surface area contributed by atoms with Crippen LogP contribution in [0.3, 0.4) is 0 Å². The van der Waals surface area contributed by atoms with E-state index >= 15 is 0 Å². The topological polar surface area (TPSA) is 61.4 Å². The number of anilines is 1. The van der Waals surface area contributed by atoms with Gasteiger partial charge in [-0.25, -0.2) is 9.97 Å². The second-order valence-electron chi connectivity index (χ2n) is 5.72. The summed E-state index contributed by atoms with van der Waals surface area (Å²) in [5.74, 6) is 0.629. The molecule has 1 aliphatic rings. The molecule has 1 aliphatic heterocycles. The molecule has 3 rings (SSSR count). The Bertz CT molecular complexity index is 636. The standard InChI is InChI=1S/C17H21N5O/c1-21-7-9-22(10-8-21)16-13-18-15(12-19-16)17(23)20-11-14-5-3-2-4-6-14/h2-6,12-13H,7-11H2,1H3,(H,20,23). The number of piperazine rings is 1. The molecule has 1 N–H and O–H groups in total. The van der Waals surface area contributed by atoms with Gasteiger partial charge in [-0.1, -0.05) is 30.3 Å². The Balaban J connectivity index is 1.57. The average Bonchev–Trinajstić information content (AvgIpc) is 2.61. The number of carbonyl (C=O) groups excluding carboxylic acids is 1. The Morgan fingerprint density at radius 1 is 1.09 bits per heavy atom. The summed E-state index contributed by atoms with van der Waals surface area (Å²) in [4.78, 5) is 25.2. The fraction of sp³-hybridized carbons (Fsp3) is 0.353. The molecule has 0 unspecified atom stereocenters. The summed E-state index contributed by atoms with van der Waals surface area (Å²) in [5.41, 5.74) is 1.40. The molecule has 2 heterocycles. The Kier molecular flexibility index (Phi) is 4.83. The number of benzene rings is 1. The molecule has 1 fully saturated rings. The molecule has 6 heteroatoms. The lowest BCUT2D eigenvalue weighted by atomic mass is 10.2. The van der Waals surface area contributed by atoms with Crippen molar-refractivity contribution in [3.63, 3.8) is 0 Å². The van der Waals surface area contributed by atoms with Gasteiger partial charge in [0.05, 0.1) is 12.4 Å². The number of nitrogens with one attached hydrogen (secondary N) is 1. The number of amides is 1. The molecule has 0 saturated carbocycles. The zero-order chi connectivity index (χ0) is 16.1. The molecule has 1 amide bonds. The first-order valence-electron chi connectivity index (χ1n) is 7.80. The first kappa shape index (κ1) is 15.4. The van der Waals surface area contributed by atoms with E-state index in [0.717, 1.165) is 37.6 Å². The van der Waals surface area contributed by atoms with Gasteiger partial charge >= 0.3 is 0 Å². The summed E-state index contributed by atoms with van der Waals surface area (Å²) in [7, 11) is 2.11. The number of aromatic nitrogens is 2. The lowest BCUT2D eigenvalue weighted by molar-refractivity contribution is 0.0945. The first-order chi connectivity index (χ1) is 11.2. The molecule has 0 radical (unpaired) electrons. The normalized spacial score (nSPS) is 15.4. The minimum Gasteiger partial charge on any atom is -0.353 e. The van der Waals surface area contributed by atoms with Crippen molar-refractivity contribution in [1.29, 1.82) is 0 Å². The number of rotatable bonds is 4. The van der Waals surface area contributed by atoms with Crippen molar-refractivity contribution < 1.29 is 4.79 Å². The highest BCUT2D eigenvalue weighted by Gasteiger charge is 2.16. The van der Waals surface area contributed by atoms with Crippen LogP contribution in [0.15, 0.2) is 42.7 Å². The van der Waals surface area contributed by atoms with Crippen molar-refractivity contribution in [2.24, 2.45) is 0 Å². The number of hydrogen-bond donors (Lipinski definition) is 1. The van der Waals surface area contributed by atoms with Crippen LogP contribution in [-0.2, 0) is 6.54 Å². The quantitative estimate of drug-likeness (QED) is 0.918. The Labute approximate surface area is 136 Å². The van der Waals surface area contributed by atoms with Crippen LogP contribution in [0.25, 0.3) is 0 Å². The van der Waals surface area contributed by atoms with E-state index in [1.807, 2.05) is 30.3 Å². The lowest BCUT2D eigenvalue weighted by Crippen LogP contribution is -2.44. The molecular formula is C17H21N5O. The van der Waals surface area contributed by atoms with E-state index in [-0.39, 0.29) is 5.91 Å². The molecule has 23 heavy (non-hydrogen) atoms. The minimum absolute atomic E-state index is 0.203. The van der Waals surface area contributed by atoms with E-state index in [9.17, 15) is 4.79 Å². The molecule has 120 valence electrons. The number of nitrogens with zero attached hydrogens (tertiary/aromatic N) is 4. The zero-order valence-corrected chi connectivity index (χ0v) is 13.3. The SMILES string of the molecule is CN1CCN(c2cnc(C(=O)NCc3ccccc3)cn2)CC1. The molecule has 2 aromatic rings. The van der Waals surface area contributed by atoms with Gasteiger partial charge in [0.25, 0.3) is 5.91 Å². The minimum atomic E-state index is -0.203. The molecular weight excluding hydrogens is 290 g/mol. The fourth-order valence-corrected chi connectivity index (χ4v) is 2.51. The van der Waals surface area contributed by atoms with Gasteiger partial charge < -0.3 is 15.1 Å². The predicted octanol–water partition coefficient (Wildman–Crippen LogP) is 1.16. The predicted molar refractivity (Wildman–Crippen MR) is 89.4 cm³/mol. The smallest absolute Gasteiger partial charge is 0.271 e. The fourth-order valence-electron chi connectivity index (χ4n) is 2.51. The molecule has 1 saturated heterocycles. The maximum Gasteiger partial charge on any atom is 0.271 e. The highest BCUT2D eigenvalue weighted by molar-refractivity contribution is 5.91. The number of carbonyl (C=O) groups is 1. The molecule has 0 bridgehead atoms. The first-order valence-corrected chi connectivity index (χ1v) is 7.80. The second kappa shape index (κ2) is 7.19. The average molecular weight is 311 g/mol. The van der Waals surface area contributed by atoms with Crippen molar-refractivity contribution in [3.8, 4) is 0 Å². The van der Waals surface area contributed by atoms with Gasteiger partial charge in [0.1, 0.15) is 11.5 Å². The number of hydrogen-bond acceptors (Lipinski definition) is 5. The zero-order valence-electron chi connectivity index (χ0n) is 13.3. The Morgan fingerprint density at radius 3 is 2.48 bits per heavy atom. The third-order valence-corrected chi connectivity index (χ3v) is 3.99. The lowest BCUT2D eigenvalue weighted by Gasteiger charge is -2.32. The van der Waals surface area contributed by atoms with Gasteiger partial charge in [0.2, 0.25) is 0 Å². The summed E-state index contributed by atoms with van der Waals surface area (Å²) in [5, 5.41) is 2.86. The molecule has 1 aromatic carbocycles. The van der Waals surface area contributed by atoms with Crippen molar-refractivity contribution >= 4 is 11.7 Å². The van der Waals surface area contributed by atoms with Crippen molar-refractivity contribution in [3.05, 3.63) is 54.0 Å². The third-order valence-electron chi connectivity index (χ3n) is 3.99. The van der Waals surface area contributed by atoms with Crippen molar-refractivity contribution in [2.75, 3.05) is 38.1 Å². The maximum absolute atomic E-state index is 12.1. The van der Waals surface area contributed by atoms with Crippen molar-refractivity contribution in [1.82, 2.24) is 20.2 Å². The van der Waals surface area contributed by atoms with E-state index in [2.05, 4.69) is 32.1 Å². The van der Waals surface area contributed by atoms with Crippen LogP contribution in [0.5, 0.6) is 0 Å². The number of likely N-dealkylation sites (N-methyl/N-ethyl adjacent to an activating group) is 1. The van der Waals surface area contributed by atoms with E-state index in [1.54, 1.807) is 12.4 Å². The van der Waals surface area contributed by atoms with Crippen LogP contribution in [0.1, 0.15) is 16.1 Å². The van der Waals surface area contributed by atoms with Crippen LogP contribution in [0, 0.1) is 0 Å². The van der Waals surface area contributed by atoms with Crippen LogP contribution in [0.2, 0.25) is 0 Å². The third kappa shape index (κ3) is 4.04. The van der Waals surface area contributed by atoms with Gasteiger partial charge in [-0.15, -0.1) is 0 Å². The van der Waals surface area contributed by atoms with E-state index < -0.39 is 0 Å². The summed E-state index contributed by atoms with van der Waals surface area (Å²) in [6.45, 7) is 4.39. The van der Waals surface area contributed by atoms with Gasteiger partial charge in [0, 0.05) is 32.7 Å². The summed E-state index contributed by atoms with van der Waals surface area (Å²) in [6, 6.07) is 9.80. The largest absolute Gasteiger partial charge is 0.353 e. The van der Waals surface area contributed by atoms with Crippen LogP contribution < -0.4 is 10.2 Å². The Hall–Kier alpha value is -2.47. The molecule has 0 aliphatic carbocycles. The van der Waals surface area contributed by atoms with Gasteiger partial charge in [-0.3, -0.25) is 4.79 Å². The van der Waals surface area contributed by atoms with Crippen molar-refractivity contribution in [2.45, 2.75) is 6.54 Å². The molecule has 0 spiro atoms. The molecule has 6 nitrogen and oxygen atoms in total. The Morgan fingerprint density at radius 2 is 1.83 bits per heavy atom. The van der Waals surface area contributed by atoms with Crippen LogP contribution >= 0.6 is 0 Å². The summed E-state index contributed by atoms with van der Waals surface area (Å²) < 4.78 is 0. The molecule has 1 aromatic heterocycles. The monoisotopic (exact) mass is 311 g/mol. The second-order valence-corrected chi connectivity index (χ2v) is 5.72. The van der Waals surface area contributed by atoms with E-state index in [0.29, 0.717) is 12.2 Å². The van der Waals surface area contributed by atoms with Crippen LogP contribution in [0.4, 0.5) is 5.82 Å². The maximum atomic E-state index is 12.1. The summed E-state index contributed by atoms with van der Waals surface area (Å²) >= 11 is 0. The van der Waals surface area contributed by atoms with Gasteiger partial charge in [-0.05, 0) is 12.6 Å².